The Kier molecular flexibility index (Phi) is 4.34. The van der Waals surface area contributed by atoms with Crippen LogP contribution in [0, 0.1) is 0 Å². The predicted octanol–water partition coefficient (Wildman–Crippen LogP) is 0.577. The Hall–Kier alpha value is -0.320. The van der Waals surface area contributed by atoms with Gasteiger partial charge in [-0.05, 0) is 21.5 Å². The van der Waals surface area contributed by atoms with E-state index in [0.717, 1.165) is 0 Å². The summed E-state index contributed by atoms with van der Waals surface area (Å²) < 4.78 is 0.708. The van der Waals surface area contributed by atoms with Crippen molar-refractivity contribution in [3.8, 4) is 0 Å². The summed E-state index contributed by atoms with van der Waals surface area (Å²) in [6.45, 7) is 3.51. The summed E-state index contributed by atoms with van der Waals surface area (Å²) in [6.07, 6.45) is 1.62. The maximum Gasteiger partial charge on any atom is 0.0687 e. The average Bonchev–Trinajstić information content (AvgIpc) is 1.85. The van der Waals surface area contributed by atoms with Gasteiger partial charge in [0.2, 0.25) is 0 Å². The smallest absolute Gasteiger partial charge is 0.0687 e. The second-order valence-corrected chi connectivity index (χ2v) is 2.76. The van der Waals surface area contributed by atoms with Gasteiger partial charge in [0.05, 0.1) is 6.61 Å². The average molecular weight is 207 g/mol. The Balaban J connectivity index is 4.05. The molecule has 3 N–H and O–H groups in total. The molecular weight excluding hydrogens is 196 g/mol. The summed E-state index contributed by atoms with van der Waals surface area (Å²) in [6, 6.07) is 0. The van der Waals surface area contributed by atoms with Crippen LogP contribution in [0.4, 0.5) is 0 Å². The molecular formula is C6H11BrN2O. The molecule has 0 heterocycles. The van der Waals surface area contributed by atoms with Crippen molar-refractivity contribution in [3.05, 3.63) is 22.8 Å². The minimum atomic E-state index is -0.0646. The molecule has 0 aromatic rings. The molecule has 0 rings (SSSR count). The monoisotopic (exact) mass is 206 g/mol. The zero-order chi connectivity index (χ0) is 8.15. The summed E-state index contributed by atoms with van der Waals surface area (Å²) in [4.78, 5) is 0. The molecule has 0 saturated heterocycles. The third kappa shape index (κ3) is 3.66. The topological polar surface area (TPSA) is 49.5 Å². The Morgan fingerprint density at radius 1 is 1.90 bits per heavy atom. The van der Waals surface area contributed by atoms with Crippen LogP contribution in [-0.4, -0.2) is 23.8 Å². The zero-order valence-corrected chi connectivity index (χ0v) is 7.43. The highest BCUT2D eigenvalue weighted by molar-refractivity contribution is 9.12. The fourth-order valence-corrected chi connectivity index (χ4v) is 0.794. The SMILES string of the molecule is C=C(CO)/C(Br)=C\N(C)N. The molecule has 0 aliphatic rings. The number of hydrogen-bond donors (Lipinski definition) is 2. The van der Waals surface area contributed by atoms with E-state index in [1.807, 2.05) is 0 Å². The van der Waals surface area contributed by atoms with Gasteiger partial charge in [-0.2, -0.15) is 0 Å². The van der Waals surface area contributed by atoms with Crippen LogP contribution in [0.1, 0.15) is 0 Å². The summed E-state index contributed by atoms with van der Waals surface area (Å²) in [5.41, 5.74) is 0.609. The van der Waals surface area contributed by atoms with Crippen molar-refractivity contribution in [2.45, 2.75) is 0 Å². The maximum atomic E-state index is 8.59. The molecule has 0 aliphatic carbocycles. The minimum Gasteiger partial charge on any atom is -0.392 e. The lowest BCUT2D eigenvalue weighted by Gasteiger charge is -2.06. The van der Waals surface area contributed by atoms with Crippen LogP contribution >= 0.6 is 15.9 Å². The molecule has 58 valence electrons. The van der Waals surface area contributed by atoms with Gasteiger partial charge in [-0.25, -0.2) is 5.84 Å². The van der Waals surface area contributed by atoms with Crippen LogP contribution in [0.15, 0.2) is 22.8 Å². The molecule has 0 saturated carbocycles. The molecule has 0 fully saturated rings. The Bertz CT molecular complexity index is 154. The molecule has 10 heavy (non-hydrogen) atoms. The third-order valence-corrected chi connectivity index (χ3v) is 1.61. The van der Waals surface area contributed by atoms with E-state index in [1.54, 1.807) is 13.2 Å². The van der Waals surface area contributed by atoms with E-state index in [9.17, 15) is 0 Å². The molecule has 4 heteroatoms. The van der Waals surface area contributed by atoms with Gasteiger partial charge >= 0.3 is 0 Å². The number of aliphatic hydroxyl groups excluding tert-OH is 1. The number of nitrogens with zero attached hydrogens (tertiary/aromatic N) is 1. The standard InChI is InChI=1S/C6H11BrN2O/c1-5(4-10)6(7)3-9(2)8/h3,10H,1,4,8H2,2H3/b6-3+. The first-order valence-electron chi connectivity index (χ1n) is 2.71. The van der Waals surface area contributed by atoms with Crippen molar-refractivity contribution in [2.24, 2.45) is 5.84 Å². The van der Waals surface area contributed by atoms with E-state index in [1.165, 1.54) is 5.01 Å². The van der Waals surface area contributed by atoms with Gasteiger partial charge in [-0.15, -0.1) is 0 Å². The highest BCUT2D eigenvalue weighted by atomic mass is 79.9. The number of aliphatic hydroxyl groups is 1. The van der Waals surface area contributed by atoms with E-state index in [4.69, 9.17) is 10.9 Å². The number of nitrogens with two attached hydrogens (primary N) is 1. The summed E-state index contributed by atoms with van der Waals surface area (Å²) >= 11 is 3.18. The van der Waals surface area contributed by atoms with Crippen molar-refractivity contribution >= 4 is 15.9 Å². The lowest BCUT2D eigenvalue weighted by Crippen LogP contribution is -2.19. The highest BCUT2D eigenvalue weighted by Crippen LogP contribution is 2.13. The predicted molar refractivity (Wildman–Crippen MR) is 45.2 cm³/mol. The quantitative estimate of drug-likeness (QED) is 0.404. The van der Waals surface area contributed by atoms with E-state index < -0.39 is 0 Å². The second-order valence-electron chi connectivity index (χ2n) is 1.90. The van der Waals surface area contributed by atoms with Gasteiger partial charge in [0.1, 0.15) is 0 Å². The molecule has 0 aromatic carbocycles. The van der Waals surface area contributed by atoms with Crippen molar-refractivity contribution in [3.63, 3.8) is 0 Å². The maximum absolute atomic E-state index is 8.59. The van der Waals surface area contributed by atoms with Crippen LogP contribution in [-0.2, 0) is 0 Å². The number of halogens is 1. The van der Waals surface area contributed by atoms with E-state index >= 15 is 0 Å². The number of rotatable bonds is 3. The van der Waals surface area contributed by atoms with Crippen LogP contribution in [0.25, 0.3) is 0 Å². The van der Waals surface area contributed by atoms with Gasteiger partial charge in [-0.3, -0.25) is 0 Å². The fraction of sp³-hybridized carbons (Fsp3) is 0.333. The molecule has 0 aromatic heterocycles. The highest BCUT2D eigenvalue weighted by Gasteiger charge is 1.95. The second kappa shape index (κ2) is 4.49. The summed E-state index contributed by atoms with van der Waals surface area (Å²) in [7, 11) is 1.69. The van der Waals surface area contributed by atoms with Crippen molar-refractivity contribution in [2.75, 3.05) is 13.7 Å². The number of hydrazine groups is 1. The molecule has 0 unspecified atom stereocenters. The fourth-order valence-electron chi connectivity index (χ4n) is 0.346. The van der Waals surface area contributed by atoms with Gasteiger partial charge in [0, 0.05) is 17.7 Å². The Morgan fingerprint density at radius 3 is 2.70 bits per heavy atom. The first-order valence-corrected chi connectivity index (χ1v) is 3.51. The van der Waals surface area contributed by atoms with E-state index in [2.05, 4.69) is 22.5 Å². The molecule has 0 aliphatic heterocycles. The molecule has 3 nitrogen and oxygen atoms in total. The van der Waals surface area contributed by atoms with Gasteiger partial charge in [-0.1, -0.05) is 6.58 Å². The summed E-state index contributed by atoms with van der Waals surface area (Å²) in [5.74, 6) is 5.29. The lowest BCUT2D eigenvalue weighted by molar-refractivity contribution is 0.334. The van der Waals surface area contributed by atoms with Crippen molar-refractivity contribution < 1.29 is 5.11 Å². The van der Waals surface area contributed by atoms with Crippen LogP contribution in [0.2, 0.25) is 0 Å². The van der Waals surface area contributed by atoms with Crippen LogP contribution < -0.4 is 5.84 Å². The Labute approximate surface area is 68.9 Å². The van der Waals surface area contributed by atoms with Gasteiger partial charge in [0.15, 0.2) is 0 Å². The van der Waals surface area contributed by atoms with Crippen molar-refractivity contribution in [1.82, 2.24) is 5.01 Å². The lowest BCUT2D eigenvalue weighted by atomic mass is 10.3. The largest absolute Gasteiger partial charge is 0.392 e. The molecule has 0 bridgehead atoms. The third-order valence-electron chi connectivity index (χ3n) is 0.846. The van der Waals surface area contributed by atoms with Gasteiger partial charge < -0.3 is 10.1 Å². The first kappa shape index (κ1) is 9.68. The Morgan fingerprint density at radius 2 is 2.40 bits per heavy atom. The summed E-state index contributed by atoms with van der Waals surface area (Å²) in [5, 5.41) is 9.97. The zero-order valence-electron chi connectivity index (χ0n) is 5.84. The van der Waals surface area contributed by atoms with Gasteiger partial charge in [0.25, 0.3) is 0 Å². The molecule has 0 radical (unpaired) electrons. The van der Waals surface area contributed by atoms with Crippen molar-refractivity contribution in [1.29, 1.82) is 0 Å². The normalized spacial score (nSPS) is 11.4. The number of hydrogen-bond acceptors (Lipinski definition) is 3. The molecule has 0 atom stereocenters. The van der Waals surface area contributed by atoms with E-state index in [0.29, 0.717) is 10.1 Å². The van der Waals surface area contributed by atoms with E-state index in [-0.39, 0.29) is 6.61 Å². The van der Waals surface area contributed by atoms with Crippen LogP contribution in [0.3, 0.4) is 0 Å². The van der Waals surface area contributed by atoms with Crippen LogP contribution in [0.5, 0.6) is 0 Å². The minimum absolute atomic E-state index is 0.0646. The first-order chi connectivity index (χ1) is 4.57. The molecule has 0 spiro atoms. The molecule has 0 amide bonds.